The quantitative estimate of drug-likeness (QED) is 0.518. The zero-order valence-corrected chi connectivity index (χ0v) is 15.8. The second-order valence-electron chi connectivity index (χ2n) is 6.32. The number of carbonyl (C=O) groups excluding carboxylic acids is 1. The van der Waals surface area contributed by atoms with Crippen molar-refractivity contribution in [1.82, 2.24) is 20.5 Å². The van der Waals surface area contributed by atoms with Crippen molar-refractivity contribution in [2.45, 2.75) is 32.9 Å². The Balaban J connectivity index is 1.79. The summed E-state index contributed by atoms with van der Waals surface area (Å²) in [6.07, 6.45) is -0.887. The van der Waals surface area contributed by atoms with Crippen molar-refractivity contribution < 1.29 is 19.0 Å². The molecule has 2 atom stereocenters. The second kappa shape index (κ2) is 8.22. The summed E-state index contributed by atoms with van der Waals surface area (Å²) in [7, 11) is 0. The molecule has 4 N–H and O–H groups in total. The zero-order chi connectivity index (χ0) is 20.3. The summed E-state index contributed by atoms with van der Waals surface area (Å²) in [6, 6.07) is 6.68. The summed E-state index contributed by atoms with van der Waals surface area (Å²) in [6.45, 7) is 5.61. The van der Waals surface area contributed by atoms with E-state index in [1.165, 1.54) is 12.1 Å². The zero-order valence-electron chi connectivity index (χ0n) is 15.8. The number of pyridine rings is 1. The maximum atomic E-state index is 13.0. The fourth-order valence-corrected chi connectivity index (χ4v) is 2.84. The lowest BCUT2D eigenvalue weighted by atomic mass is 10.1. The van der Waals surface area contributed by atoms with E-state index in [2.05, 4.69) is 25.8 Å². The Hall–Kier alpha value is -3.20. The molecule has 148 valence electrons. The van der Waals surface area contributed by atoms with Crippen LogP contribution in [0, 0.1) is 5.82 Å². The number of aromatic amines is 1. The predicted octanol–water partition coefficient (Wildman–Crippen LogP) is 3.43. The van der Waals surface area contributed by atoms with Crippen LogP contribution < -0.4 is 15.4 Å². The van der Waals surface area contributed by atoms with Gasteiger partial charge in [0.2, 0.25) is 5.88 Å². The van der Waals surface area contributed by atoms with Gasteiger partial charge in [0.25, 0.3) is 0 Å². The number of aliphatic hydroxyl groups excluding tert-OH is 1. The Labute approximate surface area is 161 Å². The van der Waals surface area contributed by atoms with Crippen molar-refractivity contribution in [3.05, 3.63) is 47.4 Å². The maximum absolute atomic E-state index is 13.0. The molecule has 0 aliphatic rings. The van der Waals surface area contributed by atoms with E-state index in [9.17, 15) is 14.3 Å². The number of nitrogens with one attached hydrogen (secondary N) is 3. The number of ether oxygens (including phenoxy) is 1. The van der Waals surface area contributed by atoms with Crippen LogP contribution in [0.25, 0.3) is 10.9 Å². The Bertz CT molecular complexity index is 972. The number of anilines is 1. The van der Waals surface area contributed by atoms with Crippen molar-refractivity contribution in [3.8, 4) is 5.88 Å². The van der Waals surface area contributed by atoms with Crippen molar-refractivity contribution >= 4 is 22.8 Å². The minimum absolute atomic E-state index is 0.249. The van der Waals surface area contributed by atoms with Gasteiger partial charge < -0.3 is 15.2 Å². The van der Waals surface area contributed by atoms with Crippen LogP contribution in [0.4, 0.5) is 15.0 Å². The highest BCUT2D eigenvalue weighted by Crippen LogP contribution is 2.31. The van der Waals surface area contributed by atoms with Gasteiger partial charge >= 0.3 is 6.03 Å². The molecular weight excluding hydrogens is 365 g/mol. The molecule has 0 unspecified atom stereocenters. The number of carbonyl (C=O) groups is 1. The van der Waals surface area contributed by atoms with Crippen molar-refractivity contribution in [3.63, 3.8) is 0 Å². The molecule has 0 saturated carbocycles. The Morgan fingerprint density at radius 1 is 1.32 bits per heavy atom. The van der Waals surface area contributed by atoms with Gasteiger partial charge in [-0.05, 0) is 38.5 Å². The Kier molecular flexibility index (Phi) is 5.74. The molecule has 0 fully saturated rings. The molecule has 0 radical (unpaired) electrons. The van der Waals surface area contributed by atoms with Gasteiger partial charge in [0, 0.05) is 6.07 Å². The molecule has 3 rings (SSSR count). The highest BCUT2D eigenvalue weighted by molar-refractivity contribution is 5.93. The largest absolute Gasteiger partial charge is 0.476 e. The molecule has 2 heterocycles. The number of H-pyrrole nitrogens is 1. The van der Waals surface area contributed by atoms with Gasteiger partial charge in [-0.3, -0.25) is 10.4 Å². The van der Waals surface area contributed by atoms with Crippen LogP contribution >= 0.6 is 0 Å². The summed E-state index contributed by atoms with van der Waals surface area (Å²) in [5.74, 6) is 0.260. The third-order valence-electron chi connectivity index (χ3n) is 4.18. The molecule has 28 heavy (non-hydrogen) atoms. The van der Waals surface area contributed by atoms with Crippen LogP contribution in [0.5, 0.6) is 5.88 Å². The number of aliphatic hydroxyl groups is 1. The molecule has 0 aliphatic carbocycles. The Morgan fingerprint density at radius 3 is 2.68 bits per heavy atom. The number of hydrogen-bond acceptors (Lipinski definition) is 5. The number of benzene rings is 1. The highest BCUT2D eigenvalue weighted by Gasteiger charge is 2.19. The van der Waals surface area contributed by atoms with Gasteiger partial charge in [-0.2, -0.15) is 0 Å². The van der Waals surface area contributed by atoms with Gasteiger partial charge in [-0.15, -0.1) is 5.10 Å². The molecule has 0 saturated heterocycles. The van der Waals surface area contributed by atoms with Gasteiger partial charge in [0.1, 0.15) is 11.6 Å². The lowest BCUT2D eigenvalue weighted by molar-refractivity contribution is 0.196. The standard InChI is InChI=1S/C19H22FN5O3/c1-4-28-18-16-14(24-25-18)9-15(22-17(16)11(3)26)23-19(27)21-10(2)12-5-7-13(20)8-6-12/h5-11,26H,4H2,1-3H3,(H,24,25)(H2,21,22,23,27)/t10-,11-/m1/s1. The summed E-state index contributed by atoms with van der Waals surface area (Å²) in [5, 5.41) is 23.0. The number of fused-ring (bicyclic) bond motifs is 1. The van der Waals surface area contributed by atoms with E-state index in [0.717, 1.165) is 5.56 Å². The number of hydrogen-bond donors (Lipinski definition) is 4. The van der Waals surface area contributed by atoms with E-state index in [1.807, 2.05) is 6.92 Å². The monoisotopic (exact) mass is 387 g/mol. The van der Waals surface area contributed by atoms with Crippen molar-refractivity contribution in [2.24, 2.45) is 0 Å². The molecule has 2 amide bonds. The molecule has 0 aliphatic heterocycles. The van der Waals surface area contributed by atoms with Crippen LogP contribution in [-0.2, 0) is 0 Å². The van der Waals surface area contributed by atoms with E-state index in [4.69, 9.17) is 4.74 Å². The smallest absolute Gasteiger partial charge is 0.320 e. The molecular formula is C19H22FN5O3. The molecule has 2 aromatic heterocycles. The molecule has 0 bridgehead atoms. The first kappa shape index (κ1) is 19.6. The highest BCUT2D eigenvalue weighted by atomic mass is 19.1. The first-order valence-electron chi connectivity index (χ1n) is 8.92. The molecule has 1 aromatic carbocycles. The third-order valence-corrected chi connectivity index (χ3v) is 4.18. The van der Waals surface area contributed by atoms with Gasteiger partial charge in [-0.1, -0.05) is 12.1 Å². The fraction of sp³-hybridized carbons (Fsp3) is 0.316. The molecule has 8 nitrogen and oxygen atoms in total. The number of rotatable bonds is 6. The summed E-state index contributed by atoms with van der Waals surface area (Å²) >= 11 is 0. The maximum Gasteiger partial charge on any atom is 0.320 e. The van der Waals surface area contributed by atoms with Gasteiger partial charge in [0.15, 0.2) is 0 Å². The van der Waals surface area contributed by atoms with E-state index >= 15 is 0 Å². The van der Waals surface area contributed by atoms with Crippen LogP contribution in [0.1, 0.15) is 44.2 Å². The SMILES string of the molecule is CCOc1n[nH]c2cc(NC(=O)N[C@H](C)c3ccc(F)cc3)nc([C@@H](C)O)c12. The lowest BCUT2D eigenvalue weighted by Gasteiger charge is -2.15. The molecule has 0 spiro atoms. The second-order valence-corrected chi connectivity index (χ2v) is 6.32. The van der Waals surface area contributed by atoms with E-state index in [0.29, 0.717) is 29.1 Å². The van der Waals surface area contributed by atoms with Crippen molar-refractivity contribution in [1.29, 1.82) is 0 Å². The number of nitrogens with zero attached hydrogens (tertiary/aromatic N) is 2. The number of aromatic nitrogens is 3. The van der Waals surface area contributed by atoms with E-state index < -0.39 is 12.1 Å². The van der Waals surface area contributed by atoms with E-state index in [1.54, 1.807) is 32.0 Å². The van der Waals surface area contributed by atoms with Crippen molar-refractivity contribution in [2.75, 3.05) is 11.9 Å². The average molecular weight is 387 g/mol. The number of urea groups is 1. The lowest BCUT2D eigenvalue weighted by Crippen LogP contribution is -2.31. The number of amides is 2. The normalized spacial score (nSPS) is 13.2. The first-order valence-corrected chi connectivity index (χ1v) is 8.92. The van der Waals surface area contributed by atoms with Gasteiger partial charge in [-0.25, -0.2) is 14.2 Å². The molecule has 9 heteroatoms. The average Bonchev–Trinajstić information content (AvgIpc) is 3.04. The molecule has 3 aromatic rings. The van der Waals surface area contributed by atoms with Crippen LogP contribution in [0.3, 0.4) is 0 Å². The van der Waals surface area contributed by atoms with Crippen LogP contribution in [-0.4, -0.2) is 32.9 Å². The minimum atomic E-state index is -0.887. The van der Waals surface area contributed by atoms with Crippen LogP contribution in [0.2, 0.25) is 0 Å². The van der Waals surface area contributed by atoms with Crippen LogP contribution in [0.15, 0.2) is 30.3 Å². The third kappa shape index (κ3) is 4.20. The minimum Gasteiger partial charge on any atom is -0.476 e. The summed E-state index contributed by atoms with van der Waals surface area (Å²) < 4.78 is 18.5. The first-order chi connectivity index (χ1) is 13.4. The summed E-state index contributed by atoms with van der Waals surface area (Å²) in [5.41, 5.74) is 1.69. The van der Waals surface area contributed by atoms with E-state index in [-0.39, 0.29) is 17.7 Å². The Morgan fingerprint density at radius 2 is 2.04 bits per heavy atom. The van der Waals surface area contributed by atoms with Gasteiger partial charge in [0.05, 0.1) is 35.3 Å². The topological polar surface area (TPSA) is 112 Å². The fourth-order valence-electron chi connectivity index (χ4n) is 2.84. The summed E-state index contributed by atoms with van der Waals surface area (Å²) in [4.78, 5) is 16.7. The predicted molar refractivity (Wildman–Crippen MR) is 103 cm³/mol. The number of halogens is 1.